The minimum absolute atomic E-state index is 0.103. The first-order valence-electron chi connectivity index (χ1n) is 7.83. The Morgan fingerprint density at radius 2 is 2.04 bits per heavy atom. The van der Waals surface area contributed by atoms with Crippen LogP contribution in [0.3, 0.4) is 0 Å². The lowest BCUT2D eigenvalue weighted by molar-refractivity contribution is 0.474. The van der Waals surface area contributed by atoms with Gasteiger partial charge in [0.15, 0.2) is 10.4 Å². The van der Waals surface area contributed by atoms with Gasteiger partial charge < -0.3 is 15.2 Å². The monoisotopic (exact) mass is 360 g/mol. The second-order valence-electron chi connectivity index (χ2n) is 6.04. The first-order chi connectivity index (χ1) is 12.0. The fraction of sp³-hybridized carbons (Fsp3) is 0.400. The Balaban J connectivity index is 1.69. The van der Waals surface area contributed by atoms with Gasteiger partial charge in [-0.2, -0.15) is 0 Å². The third-order valence-corrected chi connectivity index (χ3v) is 4.09. The van der Waals surface area contributed by atoms with Crippen molar-refractivity contribution in [1.82, 2.24) is 34.8 Å². The Morgan fingerprint density at radius 1 is 1.32 bits per heavy atom. The maximum absolute atomic E-state index is 11.8. The van der Waals surface area contributed by atoms with Crippen molar-refractivity contribution in [3.05, 3.63) is 39.4 Å². The predicted molar refractivity (Wildman–Crippen MR) is 98.2 cm³/mol. The summed E-state index contributed by atoms with van der Waals surface area (Å²) in [7, 11) is 3.80. The quantitative estimate of drug-likeness (QED) is 0.559. The number of anilines is 1. The van der Waals surface area contributed by atoms with Crippen molar-refractivity contribution in [3.63, 3.8) is 0 Å². The minimum atomic E-state index is -0.257. The van der Waals surface area contributed by atoms with Crippen molar-refractivity contribution >= 4 is 29.3 Å². The van der Waals surface area contributed by atoms with Gasteiger partial charge in [0.1, 0.15) is 5.52 Å². The van der Waals surface area contributed by atoms with E-state index in [1.54, 1.807) is 12.4 Å². The van der Waals surface area contributed by atoms with E-state index in [1.165, 1.54) is 6.33 Å². The van der Waals surface area contributed by atoms with Crippen LogP contribution in [0, 0.1) is 4.77 Å². The highest BCUT2D eigenvalue weighted by molar-refractivity contribution is 7.71. The van der Waals surface area contributed by atoms with E-state index >= 15 is 0 Å². The maximum Gasteiger partial charge on any atom is 0.277 e. The SMILES string of the molecule is CC(Cn1c(=S)[nH]c(=O)c2[nH]cnc21)NCc1cnc(N(C)C)nc1. The molecule has 10 heteroatoms. The molecule has 3 aromatic rings. The minimum Gasteiger partial charge on any atom is -0.347 e. The van der Waals surface area contributed by atoms with E-state index in [1.807, 2.05) is 30.5 Å². The first-order valence-corrected chi connectivity index (χ1v) is 8.24. The molecule has 0 aliphatic rings. The fourth-order valence-electron chi connectivity index (χ4n) is 2.45. The topological polar surface area (TPSA) is 108 Å². The van der Waals surface area contributed by atoms with Crippen LogP contribution in [0.2, 0.25) is 0 Å². The summed E-state index contributed by atoms with van der Waals surface area (Å²) in [6.45, 7) is 3.25. The lowest BCUT2D eigenvalue weighted by Crippen LogP contribution is -2.31. The average Bonchev–Trinajstić information content (AvgIpc) is 3.07. The van der Waals surface area contributed by atoms with Gasteiger partial charge in [-0.1, -0.05) is 0 Å². The molecule has 3 heterocycles. The zero-order valence-electron chi connectivity index (χ0n) is 14.3. The number of nitrogens with one attached hydrogen (secondary N) is 3. The zero-order chi connectivity index (χ0) is 18.0. The molecule has 0 aliphatic heterocycles. The van der Waals surface area contributed by atoms with E-state index in [9.17, 15) is 4.79 Å². The maximum atomic E-state index is 11.8. The van der Waals surface area contributed by atoms with Gasteiger partial charge in [-0.3, -0.25) is 14.3 Å². The largest absolute Gasteiger partial charge is 0.347 e. The second-order valence-corrected chi connectivity index (χ2v) is 6.43. The molecule has 0 aromatic carbocycles. The number of hydrogen-bond acceptors (Lipinski definition) is 7. The molecule has 1 unspecified atom stereocenters. The molecule has 0 spiro atoms. The van der Waals surface area contributed by atoms with Crippen molar-refractivity contribution in [1.29, 1.82) is 0 Å². The summed E-state index contributed by atoms with van der Waals surface area (Å²) in [5.41, 5.74) is 1.72. The number of H-pyrrole nitrogens is 2. The van der Waals surface area contributed by atoms with Crippen LogP contribution in [-0.4, -0.2) is 49.6 Å². The number of rotatable bonds is 6. The predicted octanol–water partition coefficient (Wildman–Crippen LogP) is 0.816. The van der Waals surface area contributed by atoms with Crippen LogP contribution in [0.5, 0.6) is 0 Å². The molecule has 3 N–H and O–H groups in total. The van der Waals surface area contributed by atoms with Crippen molar-refractivity contribution in [2.45, 2.75) is 26.1 Å². The molecule has 3 rings (SSSR count). The van der Waals surface area contributed by atoms with Crippen LogP contribution in [-0.2, 0) is 13.1 Å². The van der Waals surface area contributed by atoms with Gasteiger partial charge in [0.2, 0.25) is 5.95 Å². The van der Waals surface area contributed by atoms with Crippen LogP contribution >= 0.6 is 12.2 Å². The molecule has 0 saturated carbocycles. The van der Waals surface area contributed by atoms with E-state index in [0.29, 0.717) is 35.0 Å². The summed E-state index contributed by atoms with van der Waals surface area (Å²) in [5.74, 6) is 0.678. The normalized spacial score (nSPS) is 12.4. The molecule has 132 valence electrons. The fourth-order valence-corrected chi connectivity index (χ4v) is 2.71. The van der Waals surface area contributed by atoms with Crippen LogP contribution < -0.4 is 15.8 Å². The van der Waals surface area contributed by atoms with Gasteiger partial charge in [-0.05, 0) is 19.1 Å². The van der Waals surface area contributed by atoms with Gasteiger partial charge in [-0.25, -0.2) is 15.0 Å². The van der Waals surface area contributed by atoms with E-state index in [4.69, 9.17) is 12.2 Å². The Hall–Kier alpha value is -2.59. The molecule has 0 saturated heterocycles. The number of aromatic nitrogens is 6. The Kier molecular flexibility index (Phi) is 4.91. The van der Waals surface area contributed by atoms with Gasteiger partial charge in [0.25, 0.3) is 5.56 Å². The summed E-state index contributed by atoms with van der Waals surface area (Å²) < 4.78 is 2.17. The Morgan fingerprint density at radius 3 is 2.72 bits per heavy atom. The van der Waals surface area contributed by atoms with Crippen LogP contribution in [0.4, 0.5) is 5.95 Å². The molecule has 0 aliphatic carbocycles. The zero-order valence-corrected chi connectivity index (χ0v) is 15.1. The lowest BCUT2D eigenvalue weighted by Gasteiger charge is -2.16. The molecule has 0 fully saturated rings. The molecule has 9 nitrogen and oxygen atoms in total. The molecule has 0 bridgehead atoms. The van der Waals surface area contributed by atoms with Crippen LogP contribution in [0.1, 0.15) is 12.5 Å². The third-order valence-electron chi connectivity index (χ3n) is 3.77. The summed E-state index contributed by atoms with van der Waals surface area (Å²) in [5, 5.41) is 3.40. The second kappa shape index (κ2) is 7.11. The summed E-state index contributed by atoms with van der Waals surface area (Å²) in [4.78, 5) is 32.0. The standard InChI is InChI=1S/C15H20N8OS/c1-9(16-4-10-5-17-14(18-6-10)22(2)3)7-23-12-11(19-8-20-12)13(24)21-15(23)25/h5-6,8-9,16H,4,7H2,1-3H3,(H,19,20)(H,21,24,25). The van der Waals surface area contributed by atoms with Crippen molar-refractivity contribution in [2.75, 3.05) is 19.0 Å². The Labute approximate surface area is 149 Å². The molecule has 1 atom stereocenters. The Bertz CT molecular complexity index is 972. The lowest BCUT2D eigenvalue weighted by atomic mass is 10.3. The van der Waals surface area contributed by atoms with Gasteiger partial charge >= 0.3 is 0 Å². The van der Waals surface area contributed by atoms with E-state index < -0.39 is 0 Å². The molecule has 25 heavy (non-hydrogen) atoms. The summed E-state index contributed by atoms with van der Waals surface area (Å²) in [6, 6.07) is 0.103. The number of aromatic amines is 2. The molecular weight excluding hydrogens is 340 g/mol. The molecule has 3 aromatic heterocycles. The van der Waals surface area contributed by atoms with Gasteiger partial charge in [0, 0.05) is 51.2 Å². The third kappa shape index (κ3) is 3.74. The van der Waals surface area contributed by atoms with Crippen molar-refractivity contribution < 1.29 is 0 Å². The van der Waals surface area contributed by atoms with Crippen LogP contribution in [0.25, 0.3) is 11.2 Å². The highest BCUT2D eigenvalue weighted by Gasteiger charge is 2.11. The highest BCUT2D eigenvalue weighted by atomic mass is 32.1. The average molecular weight is 360 g/mol. The molecular formula is C15H20N8OS. The number of imidazole rings is 1. The number of nitrogens with zero attached hydrogens (tertiary/aromatic N) is 5. The van der Waals surface area contributed by atoms with Gasteiger partial charge in [0.05, 0.1) is 6.33 Å². The van der Waals surface area contributed by atoms with Crippen molar-refractivity contribution in [3.8, 4) is 0 Å². The van der Waals surface area contributed by atoms with Crippen molar-refractivity contribution in [2.24, 2.45) is 0 Å². The molecule has 0 radical (unpaired) electrons. The number of fused-ring (bicyclic) bond motifs is 1. The highest BCUT2D eigenvalue weighted by Crippen LogP contribution is 2.07. The molecule has 0 amide bonds. The van der Waals surface area contributed by atoms with E-state index in [0.717, 1.165) is 5.56 Å². The van der Waals surface area contributed by atoms with Crippen LogP contribution in [0.15, 0.2) is 23.5 Å². The first kappa shape index (κ1) is 17.2. The smallest absolute Gasteiger partial charge is 0.277 e. The summed E-state index contributed by atoms with van der Waals surface area (Å²) >= 11 is 5.27. The van der Waals surface area contributed by atoms with E-state index in [-0.39, 0.29) is 11.6 Å². The van der Waals surface area contributed by atoms with E-state index in [2.05, 4.69) is 30.2 Å². The number of hydrogen-bond donors (Lipinski definition) is 3. The van der Waals surface area contributed by atoms with Gasteiger partial charge in [-0.15, -0.1) is 0 Å². The summed E-state index contributed by atoms with van der Waals surface area (Å²) in [6.07, 6.45) is 5.10.